The summed E-state index contributed by atoms with van der Waals surface area (Å²) in [5, 5.41) is 19.6. The molecule has 1 atom stereocenters. The zero-order chi connectivity index (χ0) is 15.8. The lowest BCUT2D eigenvalue weighted by atomic mass is 9.89. The fourth-order valence-corrected chi connectivity index (χ4v) is 3.38. The number of amides is 1. The lowest BCUT2D eigenvalue weighted by Gasteiger charge is -2.39. The molecule has 5 heteroatoms. The minimum Gasteiger partial charge on any atom is -0.497 e. The molecule has 1 saturated carbocycles. The first kappa shape index (κ1) is 15.3. The highest BCUT2D eigenvalue weighted by Crippen LogP contribution is 2.50. The number of likely N-dealkylation sites (tertiary alicyclic amines) is 1. The molecule has 2 N–H and O–H groups in total. The SMILES string of the molecule is COc1ccc(C2(C(=O)N3CCC[C@](O)(CO)C3)CC2)cc1. The third-order valence-electron chi connectivity index (χ3n) is 4.94. The van der Waals surface area contributed by atoms with Gasteiger partial charge in [-0.25, -0.2) is 0 Å². The summed E-state index contributed by atoms with van der Waals surface area (Å²) in [6.07, 6.45) is 2.95. The number of methoxy groups -OCH3 is 1. The van der Waals surface area contributed by atoms with Crippen molar-refractivity contribution in [2.75, 3.05) is 26.8 Å². The van der Waals surface area contributed by atoms with Gasteiger partial charge in [-0.15, -0.1) is 0 Å². The average Bonchev–Trinajstić information content (AvgIpc) is 3.36. The summed E-state index contributed by atoms with van der Waals surface area (Å²) in [5.74, 6) is 0.851. The van der Waals surface area contributed by atoms with E-state index in [1.165, 1.54) is 0 Å². The number of benzene rings is 1. The van der Waals surface area contributed by atoms with Gasteiger partial charge in [-0.3, -0.25) is 4.79 Å². The monoisotopic (exact) mass is 305 g/mol. The predicted octanol–water partition coefficient (Wildman–Crippen LogP) is 1.07. The van der Waals surface area contributed by atoms with E-state index < -0.39 is 11.0 Å². The van der Waals surface area contributed by atoms with Crippen molar-refractivity contribution in [1.82, 2.24) is 4.90 Å². The Bertz CT molecular complexity index is 552. The fourth-order valence-electron chi connectivity index (χ4n) is 3.38. The number of ether oxygens (including phenoxy) is 1. The molecule has 22 heavy (non-hydrogen) atoms. The normalized spacial score (nSPS) is 26.6. The molecular formula is C17H23NO4. The van der Waals surface area contributed by atoms with Gasteiger partial charge in [0, 0.05) is 6.54 Å². The highest BCUT2D eigenvalue weighted by atomic mass is 16.5. The second kappa shape index (κ2) is 5.56. The van der Waals surface area contributed by atoms with Gasteiger partial charge in [0.25, 0.3) is 0 Å². The summed E-state index contributed by atoms with van der Waals surface area (Å²) < 4.78 is 5.16. The van der Waals surface area contributed by atoms with Crippen LogP contribution < -0.4 is 4.74 Å². The molecule has 1 aliphatic heterocycles. The lowest BCUT2D eigenvalue weighted by Crippen LogP contribution is -2.54. The lowest BCUT2D eigenvalue weighted by molar-refractivity contribution is -0.143. The highest BCUT2D eigenvalue weighted by Gasteiger charge is 2.54. The molecule has 0 bridgehead atoms. The highest BCUT2D eigenvalue weighted by molar-refractivity contribution is 5.91. The van der Waals surface area contributed by atoms with E-state index in [4.69, 9.17) is 4.74 Å². The van der Waals surface area contributed by atoms with E-state index >= 15 is 0 Å². The summed E-state index contributed by atoms with van der Waals surface area (Å²) in [4.78, 5) is 14.7. The summed E-state index contributed by atoms with van der Waals surface area (Å²) >= 11 is 0. The van der Waals surface area contributed by atoms with Crippen molar-refractivity contribution in [3.8, 4) is 5.75 Å². The predicted molar refractivity (Wildman–Crippen MR) is 81.8 cm³/mol. The van der Waals surface area contributed by atoms with Crippen LogP contribution in [0.25, 0.3) is 0 Å². The molecule has 5 nitrogen and oxygen atoms in total. The first-order valence-electron chi connectivity index (χ1n) is 7.80. The van der Waals surface area contributed by atoms with Gasteiger partial charge >= 0.3 is 0 Å². The fraction of sp³-hybridized carbons (Fsp3) is 0.588. The van der Waals surface area contributed by atoms with Crippen LogP contribution in [0, 0.1) is 0 Å². The molecule has 0 aromatic heterocycles. The summed E-state index contributed by atoms with van der Waals surface area (Å²) in [7, 11) is 1.62. The van der Waals surface area contributed by atoms with Crippen LogP contribution in [0.15, 0.2) is 24.3 Å². The van der Waals surface area contributed by atoms with Gasteiger partial charge in [-0.05, 0) is 43.4 Å². The first-order chi connectivity index (χ1) is 10.5. The van der Waals surface area contributed by atoms with Crippen LogP contribution in [0.1, 0.15) is 31.2 Å². The van der Waals surface area contributed by atoms with Crippen molar-refractivity contribution in [1.29, 1.82) is 0 Å². The third kappa shape index (κ3) is 2.59. The van der Waals surface area contributed by atoms with Crippen molar-refractivity contribution >= 4 is 5.91 Å². The largest absolute Gasteiger partial charge is 0.497 e. The van der Waals surface area contributed by atoms with E-state index in [0.717, 1.165) is 30.6 Å². The third-order valence-corrected chi connectivity index (χ3v) is 4.94. The Morgan fingerprint density at radius 1 is 1.27 bits per heavy atom. The first-order valence-corrected chi connectivity index (χ1v) is 7.80. The van der Waals surface area contributed by atoms with Gasteiger partial charge in [0.1, 0.15) is 11.4 Å². The van der Waals surface area contributed by atoms with Crippen LogP contribution in [0.3, 0.4) is 0 Å². The number of carbonyl (C=O) groups is 1. The van der Waals surface area contributed by atoms with Gasteiger partial charge < -0.3 is 19.8 Å². The van der Waals surface area contributed by atoms with Crippen molar-refractivity contribution in [2.45, 2.75) is 36.7 Å². The van der Waals surface area contributed by atoms with Crippen molar-refractivity contribution in [3.05, 3.63) is 29.8 Å². The molecule has 1 aromatic carbocycles. The van der Waals surface area contributed by atoms with Gasteiger partial charge in [0.15, 0.2) is 0 Å². The topological polar surface area (TPSA) is 70.0 Å². The number of β-amino-alcohol motifs (C(OH)–C–C–N with tert-alkyl or cyclic N) is 1. The second-order valence-corrected chi connectivity index (χ2v) is 6.52. The number of piperidine rings is 1. The molecule has 3 rings (SSSR count). The number of nitrogens with zero attached hydrogens (tertiary/aromatic N) is 1. The Morgan fingerprint density at radius 2 is 1.95 bits per heavy atom. The van der Waals surface area contributed by atoms with Crippen LogP contribution in [0.2, 0.25) is 0 Å². The summed E-state index contributed by atoms with van der Waals surface area (Å²) in [6.45, 7) is 0.575. The summed E-state index contributed by atoms with van der Waals surface area (Å²) in [6, 6.07) is 7.66. The Labute approximate surface area is 130 Å². The molecule has 0 radical (unpaired) electrons. The van der Waals surface area contributed by atoms with Gasteiger partial charge in [0.2, 0.25) is 5.91 Å². The van der Waals surface area contributed by atoms with E-state index in [1.807, 2.05) is 24.3 Å². The molecular weight excluding hydrogens is 282 g/mol. The van der Waals surface area contributed by atoms with E-state index in [-0.39, 0.29) is 19.1 Å². The number of aliphatic hydroxyl groups excluding tert-OH is 1. The van der Waals surface area contributed by atoms with Crippen molar-refractivity contribution in [3.63, 3.8) is 0 Å². The minimum atomic E-state index is -1.15. The van der Waals surface area contributed by atoms with E-state index in [9.17, 15) is 15.0 Å². The number of hydrogen-bond donors (Lipinski definition) is 2. The van der Waals surface area contributed by atoms with E-state index in [0.29, 0.717) is 13.0 Å². The van der Waals surface area contributed by atoms with Crippen LogP contribution in [-0.4, -0.2) is 53.4 Å². The maximum Gasteiger partial charge on any atom is 0.233 e. The molecule has 1 heterocycles. The maximum absolute atomic E-state index is 12.9. The Hall–Kier alpha value is -1.59. The molecule has 0 spiro atoms. The zero-order valence-electron chi connectivity index (χ0n) is 12.9. The molecule has 1 aromatic rings. The zero-order valence-corrected chi connectivity index (χ0v) is 12.9. The minimum absolute atomic E-state index is 0.0734. The second-order valence-electron chi connectivity index (χ2n) is 6.52. The standard InChI is InChI=1S/C17H23NO4/c1-22-14-5-3-13(4-6-14)17(8-9-17)15(20)18-10-2-7-16(21,11-18)12-19/h3-6,19,21H,2,7-12H2,1H3/t16-/m1/s1. The van der Waals surface area contributed by atoms with E-state index in [1.54, 1.807) is 12.0 Å². The van der Waals surface area contributed by atoms with Gasteiger partial charge in [-0.1, -0.05) is 12.1 Å². The van der Waals surface area contributed by atoms with Gasteiger partial charge in [-0.2, -0.15) is 0 Å². The van der Waals surface area contributed by atoms with Crippen LogP contribution in [-0.2, 0) is 10.2 Å². The Kier molecular flexibility index (Phi) is 3.87. The Balaban J connectivity index is 1.78. The number of carbonyl (C=O) groups excluding carboxylic acids is 1. The summed E-state index contributed by atoms with van der Waals surface area (Å²) in [5.41, 5.74) is -0.583. The molecule has 1 saturated heterocycles. The molecule has 0 unspecified atom stereocenters. The number of aliphatic hydroxyl groups is 2. The average molecular weight is 305 g/mol. The van der Waals surface area contributed by atoms with Crippen LogP contribution in [0.5, 0.6) is 5.75 Å². The van der Waals surface area contributed by atoms with Gasteiger partial charge in [0.05, 0.1) is 25.7 Å². The molecule has 1 amide bonds. The number of rotatable bonds is 4. The molecule has 1 aliphatic carbocycles. The quantitative estimate of drug-likeness (QED) is 0.873. The van der Waals surface area contributed by atoms with Crippen molar-refractivity contribution in [2.24, 2.45) is 0 Å². The van der Waals surface area contributed by atoms with Crippen molar-refractivity contribution < 1.29 is 19.7 Å². The molecule has 120 valence electrons. The number of hydrogen-bond acceptors (Lipinski definition) is 4. The van der Waals surface area contributed by atoms with Crippen LogP contribution >= 0.6 is 0 Å². The molecule has 2 aliphatic rings. The molecule has 2 fully saturated rings. The smallest absolute Gasteiger partial charge is 0.233 e. The Morgan fingerprint density at radius 3 is 2.50 bits per heavy atom. The van der Waals surface area contributed by atoms with E-state index in [2.05, 4.69) is 0 Å². The van der Waals surface area contributed by atoms with Crippen LogP contribution in [0.4, 0.5) is 0 Å². The maximum atomic E-state index is 12.9.